The Kier molecular flexibility index (Phi) is 6.43. The van der Waals surface area contributed by atoms with E-state index in [2.05, 4.69) is 28.1 Å². The lowest BCUT2D eigenvalue weighted by Gasteiger charge is -2.27. The number of fused-ring (bicyclic) bond motifs is 1. The summed E-state index contributed by atoms with van der Waals surface area (Å²) in [5.41, 5.74) is 5.32. The molecule has 3 aromatic carbocycles. The summed E-state index contributed by atoms with van der Waals surface area (Å²) in [6.45, 7) is 3.08. The number of nitrogens with one attached hydrogen (secondary N) is 3. The van der Waals surface area contributed by atoms with Crippen LogP contribution in [0.25, 0.3) is 0 Å². The van der Waals surface area contributed by atoms with Gasteiger partial charge in [0.2, 0.25) is 11.8 Å². The Hall–Kier alpha value is -3.44. The highest BCUT2D eigenvalue weighted by Crippen LogP contribution is 2.18. The van der Waals surface area contributed by atoms with Gasteiger partial charge < -0.3 is 16.0 Å². The molecule has 1 aliphatic rings. The molecule has 1 heterocycles. The standard InChI is InChI=1S/C26H27N3O2/c1-18-11-13-19(14-12-18)16-28-26(31)24(20-7-3-2-4-8-20)29-25(30)23-15-21-9-5-6-10-22(21)17-27-23/h2-14,23-24,27H,15-17H2,1H3,(H,28,31)(H,29,30). The highest BCUT2D eigenvalue weighted by molar-refractivity contribution is 5.90. The second-order valence-electron chi connectivity index (χ2n) is 7.96. The van der Waals surface area contributed by atoms with Gasteiger partial charge in [0, 0.05) is 13.1 Å². The van der Waals surface area contributed by atoms with Crippen LogP contribution in [0.1, 0.15) is 33.9 Å². The smallest absolute Gasteiger partial charge is 0.247 e. The molecule has 4 rings (SSSR count). The summed E-state index contributed by atoms with van der Waals surface area (Å²) in [6.07, 6.45) is 0.606. The van der Waals surface area contributed by atoms with Gasteiger partial charge >= 0.3 is 0 Å². The third-order valence-corrected chi connectivity index (χ3v) is 5.67. The molecular weight excluding hydrogens is 386 g/mol. The van der Waals surface area contributed by atoms with E-state index in [0.29, 0.717) is 19.5 Å². The highest BCUT2D eigenvalue weighted by atomic mass is 16.2. The molecule has 0 saturated heterocycles. The van der Waals surface area contributed by atoms with Crippen molar-refractivity contribution >= 4 is 11.8 Å². The monoisotopic (exact) mass is 413 g/mol. The number of rotatable bonds is 6. The quantitative estimate of drug-likeness (QED) is 0.581. The molecule has 158 valence electrons. The van der Waals surface area contributed by atoms with E-state index in [1.165, 1.54) is 16.7 Å². The lowest BCUT2D eigenvalue weighted by molar-refractivity contribution is -0.130. The number of hydrogen-bond acceptors (Lipinski definition) is 3. The van der Waals surface area contributed by atoms with Crippen molar-refractivity contribution in [2.75, 3.05) is 0 Å². The van der Waals surface area contributed by atoms with Gasteiger partial charge in [-0.25, -0.2) is 0 Å². The van der Waals surface area contributed by atoms with Crippen molar-refractivity contribution in [3.63, 3.8) is 0 Å². The Balaban J connectivity index is 1.45. The average Bonchev–Trinajstić information content (AvgIpc) is 2.82. The largest absolute Gasteiger partial charge is 0.350 e. The Labute approximate surface area is 182 Å². The molecule has 1 aliphatic heterocycles. The third-order valence-electron chi connectivity index (χ3n) is 5.67. The molecule has 0 spiro atoms. The van der Waals surface area contributed by atoms with Crippen LogP contribution in [0.5, 0.6) is 0 Å². The van der Waals surface area contributed by atoms with Crippen LogP contribution in [0.3, 0.4) is 0 Å². The van der Waals surface area contributed by atoms with Crippen molar-refractivity contribution in [3.05, 3.63) is 107 Å². The van der Waals surface area contributed by atoms with Gasteiger partial charge in [-0.05, 0) is 35.6 Å². The summed E-state index contributed by atoms with van der Waals surface area (Å²) < 4.78 is 0. The van der Waals surface area contributed by atoms with Gasteiger partial charge in [-0.2, -0.15) is 0 Å². The molecule has 0 radical (unpaired) electrons. The predicted octanol–water partition coefficient (Wildman–Crippen LogP) is 3.18. The second kappa shape index (κ2) is 9.58. The van der Waals surface area contributed by atoms with Crippen molar-refractivity contribution < 1.29 is 9.59 Å². The zero-order valence-corrected chi connectivity index (χ0v) is 17.6. The maximum absolute atomic E-state index is 13.1. The molecule has 5 heteroatoms. The number of aryl methyl sites for hydroxylation is 1. The summed E-state index contributed by atoms with van der Waals surface area (Å²) in [6, 6.07) is 24.4. The van der Waals surface area contributed by atoms with Gasteiger partial charge in [0.05, 0.1) is 6.04 Å². The minimum Gasteiger partial charge on any atom is -0.350 e. The Bertz CT molecular complexity index is 1050. The van der Waals surface area contributed by atoms with E-state index in [1.807, 2.05) is 73.7 Å². The molecule has 0 fully saturated rings. The van der Waals surface area contributed by atoms with Crippen LogP contribution in [0.2, 0.25) is 0 Å². The first-order valence-electron chi connectivity index (χ1n) is 10.6. The fourth-order valence-corrected chi connectivity index (χ4v) is 3.83. The second-order valence-corrected chi connectivity index (χ2v) is 7.96. The molecule has 0 saturated carbocycles. The first-order valence-corrected chi connectivity index (χ1v) is 10.6. The minimum atomic E-state index is -0.752. The van der Waals surface area contributed by atoms with E-state index < -0.39 is 6.04 Å². The van der Waals surface area contributed by atoms with Gasteiger partial charge in [-0.3, -0.25) is 9.59 Å². The molecular formula is C26H27N3O2. The van der Waals surface area contributed by atoms with Crippen LogP contribution >= 0.6 is 0 Å². The lowest BCUT2D eigenvalue weighted by Crippen LogP contribution is -2.50. The Morgan fingerprint density at radius 3 is 2.35 bits per heavy atom. The molecule has 0 aliphatic carbocycles. The van der Waals surface area contributed by atoms with E-state index in [4.69, 9.17) is 0 Å². The van der Waals surface area contributed by atoms with Gasteiger partial charge in [0.15, 0.2) is 0 Å². The Morgan fingerprint density at radius 2 is 1.61 bits per heavy atom. The molecule has 31 heavy (non-hydrogen) atoms. The van der Waals surface area contributed by atoms with Crippen molar-refractivity contribution in [2.45, 2.75) is 38.5 Å². The highest BCUT2D eigenvalue weighted by Gasteiger charge is 2.29. The molecule has 0 aromatic heterocycles. The fraction of sp³-hybridized carbons (Fsp3) is 0.231. The van der Waals surface area contributed by atoms with Gasteiger partial charge in [0.25, 0.3) is 0 Å². The summed E-state index contributed by atoms with van der Waals surface area (Å²) in [5.74, 6) is -0.398. The summed E-state index contributed by atoms with van der Waals surface area (Å²) in [7, 11) is 0. The van der Waals surface area contributed by atoms with Crippen molar-refractivity contribution in [2.24, 2.45) is 0 Å². The predicted molar refractivity (Wildman–Crippen MR) is 121 cm³/mol. The summed E-state index contributed by atoms with van der Waals surface area (Å²) in [5, 5.41) is 9.22. The van der Waals surface area contributed by atoms with E-state index in [9.17, 15) is 9.59 Å². The van der Waals surface area contributed by atoms with E-state index in [1.54, 1.807) is 0 Å². The maximum atomic E-state index is 13.1. The van der Waals surface area contributed by atoms with Gasteiger partial charge in [-0.1, -0.05) is 84.4 Å². The Morgan fingerprint density at radius 1 is 0.935 bits per heavy atom. The normalized spacial score (nSPS) is 16.1. The van der Waals surface area contributed by atoms with E-state index in [-0.39, 0.29) is 17.9 Å². The average molecular weight is 414 g/mol. The number of amides is 2. The van der Waals surface area contributed by atoms with Crippen LogP contribution in [-0.4, -0.2) is 17.9 Å². The zero-order chi connectivity index (χ0) is 21.6. The van der Waals surface area contributed by atoms with Crippen LogP contribution in [0.4, 0.5) is 0 Å². The fourth-order valence-electron chi connectivity index (χ4n) is 3.83. The molecule has 0 bridgehead atoms. The van der Waals surface area contributed by atoms with E-state index in [0.717, 1.165) is 11.1 Å². The number of carbonyl (C=O) groups is 2. The van der Waals surface area contributed by atoms with Crippen LogP contribution < -0.4 is 16.0 Å². The third kappa shape index (κ3) is 5.19. The van der Waals surface area contributed by atoms with Crippen LogP contribution in [0.15, 0.2) is 78.9 Å². The number of benzene rings is 3. The SMILES string of the molecule is Cc1ccc(CNC(=O)C(NC(=O)C2Cc3ccccc3CN2)c2ccccc2)cc1. The van der Waals surface area contributed by atoms with Crippen molar-refractivity contribution in [3.8, 4) is 0 Å². The molecule has 2 amide bonds. The number of hydrogen-bond donors (Lipinski definition) is 3. The van der Waals surface area contributed by atoms with Crippen molar-refractivity contribution in [1.82, 2.24) is 16.0 Å². The molecule has 2 atom stereocenters. The van der Waals surface area contributed by atoms with E-state index >= 15 is 0 Å². The molecule has 5 nitrogen and oxygen atoms in total. The molecule has 3 N–H and O–H groups in total. The zero-order valence-electron chi connectivity index (χ0n) is 17.6. The van der Waals surface area contributed by atoms with Crippen LogP contribution in [0, 0.1) is 6.92 Å². The minimum absolute atomic E-state index is 0.172. The lowest BCUT2D eigenvalue weighted by atomic mass is 9.95. The topological polar surface area (TPSA) is 70.2 Å². The first-order chi connectivity index (χ1) is 15.1. The summed E-state index contributed by atoms with van der Waals surface area (Å²) >= 11 is 0. The number of carbonyl (C=O) groups excluding carboxylic acids is 2. The molecule has 2 unspecified atom stereocenters. The van der Waals surface area contributed by atoms with Crippen molar-refractivity contribution in [1.29, 1.82) is 0 Å². The first kappa shape index (κ1) is 20.8. The van der Waals surface area contributed by atoms with Crippen LogP contribution in [-0.2, 0) is 29.1 Å². The maximum Gasteiger partial charge on any atom is 0.247 e. The van der Waals surface area contributed by atoms with Gasteiger partial charge in [0.1, 0.15) is 6.04 Å². The molecule has 3 aromatic rings. The summed E-state index contributed by atoms with van der Waals surface area (Å²) in [4.78, 5) is 26.1. The van der Waals surface area contributed by atoms with Gasteiger partial charge in [-0.15, -0.1) is 0 Å².